The number of carboxylic acids is 1. The van der Waals surface area contributed by atoms with Gasteiger partial charge in [0.2, 0.25) is 0 Å². The monoisotopic (exact) mass is 299 g/mol. The third-order valence-electron chi connectivity index (χ3n) is 4.47. The van der Waals surface area contributed by atoms with Crippen molar-refractivity contribution >= 4 is 5.97 Å². The molecule has 6 heteroatoms. The summed E-state index contributed by atoms with van der Waals surface area (Å²) in [6.07, 6.45) is 0.557. The first kappa shape index (κ1) is 16.7. The minimum atomic E-state index is -0.707. The molecule has 122 valence electrons. The molecule has 0 amide bonds. The number of nitrogens with zero attached hydrogens (tertiary/aromatic N) is 3. The summed E-state index contributed by atoms with van der Waals surface area (Å²) >= 11 is 0. The van der Waals surface area contributed by atoms with Gasteiger partial charge in [0.15, 0.2) is 0 Å². The van der Waals surface area contributed by atoms with Crippen molar-refractivity contribution in [2.24, 2.45) is 0 Å². The summed E-state index contributed by atoms with van der Waals surface area (Å²) in [5, 5.41) is 8.72. The number of aliphatic carboxylic acids is 1. The molecule has 2 aliphatic heterocycles. The van der Waals surface area contributed by atoms with Gasteiger partial charge in [0, 0.05) is 58.4 Å². The minimum Gasteiger partial charge on any atom is -0.481 e. The Bertz CT molecular complexity index is 330. The number of hydrogen-bond acceptors (Lipinski definition) is 5. The van der Waals surface area contributed by atoms with E-state index in [-0.39, 0.29) is 6.42 Å². The molecule has 0 radical (unpaired) electrons. The molecule has 6 nitrogen and oxygen atoms in total. The summed E-state index contributed by atoms with van der Waals surface area (Å²) in [5.74, 6) is -0.707. The first-order valence-corrected chi connectivity index (χ1v) is 8.06. The second-order valence-corrected chi connectivity index (χ2v) is 6.37. The van der Waals surface area contributed by atoms with E-state index in [1.54, 1.807) is 0 Å². The number of carboxylic acid groups (broad SMARTS) is 1. The number of carbonyl (C=O) groups is 1. The topological polar surface area (TPSA) is 56.2 Å². The third kappa shape index (κ3) is 5.54. The Kier molecular flexibility index (Phi) is 6.41. The molecular weight excluding hydrogens is 270 g/mol. The van der Waals surface area contributed by atoms with E-state index in [1.807, 2.05) is 0 Å². The quantitative estimate of drug-likeness (QED) is 0.755. The van der Waals surface area contributed by atoms with Crippen molar-refractivity contribution in [3.63, 3.8) is 0 Å². The van der Waals surface area contributed by atoms with Gasteiger partial charge < -0.3 is 14.7 Å². The van der Waals surface area contributed by atoms with E-state index in [0.29, 0.717) is 18.7 Å². The van der Waals surface area contributed by atoms with E-state index in [0.717, 1.165) is 52.4 Å². The summed E-state index contributed by atoms with van der Waals surface area (Å²) in [4.78, 5) is 17.8. The molecule has 0 aromatic carbocycles. The maximum Gasteiger partial charge on any atom is 0.304 e. The van der Waals surface area contributed by atoms with Gasteiger partial charge in [-0.25, -0.2) is 0 Å². The Morgan fingerprint density at radius 1 is 1.19 bits per heavy atom. The molecule has 2 saturated heterocycles. The van der Waals surface area contributed by atoms with Crippen LogP contribution in [0.2, 0.25) is 0 Å². The van der Waals surface area contributed by atoms with Crippen molar-refractivity contribution in [3.8, 4) is 0 Å². The second kappa shape index (κ2) is 8.08. The van der Waals surface area contributed by atoms with Crippen LogP contribution in [-0.4, -0.2) is 96.9 Å². The van der Waals surface area contributed by atoms with Crippen LogP contribution in [0.4, 0.5) is 0 Å². The fourth-order valence-corrected chi connectivity index (χ4v) is 3.06. The van der Waals surface area contributed by atoms with E-state index in [1.165, 1.54) is 0 Å². The summed E-state index contributed by atoms with van der Waals surface area (Å²) < 4.78 is 5.89. The normalized spacial score (nSPS) is 26.3. The molecule has 0 aliphatic carbocycles. The molecule has 2 heterocycles. The Hall–Kier alpha value is -0.690. The van der Waals surface area contributed by atoms with E-state index < -0.39 is 5.97 Å². The van der Waals surface area contributed by atoms with Crippen molar-refractivity contribution in [1.82, 2.24) is 14.7 Å². The molecule has 0 bridgehead atoms. The molecule has 0 aromatic rings. The van der Waals surface area contributed by atoms with Crippen molar-refractivity contribution in [2.45, 2.75) is 32.4 Å². The Balaban J connectivity index is 1.67. The number of ether oxygens (including phenoxy) is 1. The van der Waals surface area contributed by atoms with Crippen LogP contribution in [0, 0.1) is 0 Å². The van der Waals surface area contributed by atoms with Gasteiger partial charge >= 0.3 is 5.97 Å². The lowest BCUT2D eigenvalue weighted by Crippen LogP contribution is -2.53. The van der Waals surface area contributed by atoms with Crippen LogP contribution in [0.1, 0.15) is 20.3 Å². The number of hydrogen-bond donors (Lipinski definition) is 1. The van der Waals surface area contributed by atoms with E-state index >= 15 is 0 Å². The molecule has 0 aromatic heterocycles. The predicted octanol–water partition coefficient (Wildman–Crippen LogP) is 0.188. The van der Waals surface area contributed by atoms with Crippen molar-refractivity contribution in [1.29, 1.82) is 0 Å². The van der Waals surface area contributed by atoms with Crippen molar-refractivity contribution in [2.75, 3.05) is 59.0 Å². The van der Waals surface area contributed by atoms with Gasteiger partial charge in [-0.05, 0) is 13.8 Å². The van der Waals surface area contributed by atoms with E-state index in [9.17, 15) is 4.79 Å². The van der Waals surface area contributed by atoms with Crippen molar-refractivity contribution < 1.29 is 14.6 Å². The molecule has 1 N–H and O–H groups in total. The maximum absolute atomic E-state index is 10.6. The summed E-state index contributed by atoms with van der Waals surface area (Å²) in [6.45, 7) is 13.0. The van der Waals surface area contributed by atoms with E-state index in [2.05, 4.69) is 28.5 Å². The Morgan fingerprint density at radius 2 is 1.86 bits per heavy atom. The fourth-order valence-electron chi connectivity index (χ4n) is 3.06. The van der Waals surface area contributed by atoms with Crippen LogP contribution >= 0.6 is 0 Å². The molecule has 0 spiro atoms. The molecule has 2 rings (SSSR count). The number of morpholine rings is 1. The highest BCUT2D eigenvalue weighted by atomic mass is 16.5. The largest absolute Gasteiger partial charge is 0.481 e. The standard InChI is InChI=1S/C15H29N3O3/c1-13(2)18-9-10-21-14(12-18)11-17-7-5-16(6-8-17)4-3-15(19)20/h13-14H,3-12H2,1-2H3,(H,19,20). The molecule has 1 atom stereocenters. The fraction of sp³-hybridized carbons (Fsp3) is 0.933. The molecule has 2 aliphatic rings. The molecule has 0 saturated carbocycles. The van der Waals surface area contributed by atoms with Gasteiger partial charge in [0.25, 0.3) is 0 Å². The first-order chi connectivity index (χ1) is 10.0. The van der Waals surface area contributed by atoms with Crippen LogP contribution in [0.3, 0.4) is 0 Å². The molecule has 2 fully saturated rings. The highest BCUT2D eigenvalue weighted by Crippen LogP contribution is 2.11. The average Bonchev–Trinajstić information content (AvgIpc) is 2.47. The molecule has 1 unspecified atom stereocenters. The van der Waals surface area contributed by atoms with Crippen LogP contribution < -0.4 is 0 Å². The Morgan fingerprint density at radius 3 is 2.48 bits per heavy atom. The summed E-state index contributed by atoms with van der Waals surface area (Å²) in [7, 11) is 0. The lowest BCUT2D eigenvalue weighted by molar-refractivity contribution is -0.137. The molecular formula is C15H29N3O3. The maximum atomic E-state index is 10.6. The van der Waals surface area contributed by atoms with Gasteiger partial charge in [0.1, 0.15) is 0 Å². The predicted molar refractivity (Wildman–Crippen MR) is 81.6 cm³/mol. The van der Waals surface area contributed by atoms with Gasteiger partial charge in [0.05, 0.1) is 19.1 Å². The summed E-state index contributed by atoms with van der Waals surface area (Å²) in [6, 6.07) is 0.587. The van der Waals surface area contributed by atoms with Gasteiger partial charge in [-0.1, -0.05) is 0 Å². The lowest BCUT2D eigenvalue weighted by Gasteiger charge is -2.40. The number of rotatable bonds is 6. The third-order valence-corrected chi connectivity index (χ3v) is 4.47. The zero-order valence-corrected chi connectivity index (χ0v) is 13.3. The van der Waals surface area contributed by atoms with Crippen LogP contribution in [0.15, 0.2) is 0 Å². The van der Waals surface area contributed by atoms with Crippen LogP contribution in [0.25, 0.3) is 0 Å². The number of piperazine rings is 1. The van der Waals surface area contributed by atoms with Gasteiger partial charge in [-0.2, -0.15) is 0 Å². The van der Waals surface area contributed by atoms with Gasteiger partial charge in [-0.3, -0.25) is 14.6 Å². The Labute approximate surface area is 127 Å². The second-order valence-electron chi connectivity index (χ2n) is 6.37. The first-order valence-electron chi connectivity index (χ1n) is 8.06. The average molecular weight is 299 g/mol. The van der Waals surface area contributed by atoms with Crippen LogP contribution in [0.5, 0.6) is 0 Å². The minimum absolute atomic E-state index is 0.245. The van der Waals surface area contributed by atoms with Crippen LogP contribution in [-0.2, 0) is 9.53 Å². The highest BCUT2D eigenvalue weighted by Gasteiger charge is 2.25. The zero-order valence-electron chi connectivity index (χ0n) is 13.3. The smallest absolute Gasteiger partial charge is 0.304 e. The highest BCUT2D eigenvalue weighted by molar-refractivity contribution is 5.66. The zero-order chi connectivity index (χ0) is 15.2. The lowest BCUT2D eigenvalue weighted by atomic mass is 10.2. The SMILES string of the molecule is CC(C)N1CCOC(CN2CCN(CCC(=O)O)CC2)C1. The summed E-state index contributed by atoms with van der Waals surface area (Å²) in [5.41, 5.74) is 0. The van der Waals surface area contributed by atoms with E-state index in [4.69, 9.17) is 9.84 Å². The van der Waals surface area contributed by atoms with Crippen molar-refractivity contribution in [3.05, 3.63) is 0 Å². The van der Waals surface area contributed by atoms with Gasteiger partial charge in [-0.15, -0.1) is 0 Å². The molecule has 21 heavy (non-hydrogen) atoms.